The zero-order valence-corrected chi connectivity index (χ0v) is 15.4. The minimum Gasteiger partial charge on any atom is -0.471 e. The topological polar surface area (TPSA) is 56.6 Å². The molecule has 0 N–H and O–H groups in total. The lowest BCUT2D eigenvalue weighted by Crippen LogP contribution is -2.48. The highest BCUT2D eigenvalue weighted by Crippen LogP contribution is 2.21. The highest BCUT2D eigenvalue weighted by molar-refractivity contribution is 6.31. The molecule has 2 unspecified atom stereocenters. The van der Waals surface area contributed by atoms with Crippen LogP contribution in [0.5, 0.6) is 5.75 Å². The van der Waals surface area contributed by atoms with Crippen LogP contribution in [0.3, 0.4) is 0 Å². The lowest BCUT2D eigenvalue weighted by atomic mass is 10.2. The van der Waals surface area contributed by atoms with Crippen molar-refractivity contribution in [1.82, 2.24) is 14.7 Å². The molecular weight excluding hydrogens is 342 g/mol. The lowest BCUT2D eigenvalue weighted by molar-refractivity contribution is -0.0587. The number of ether oxygens (including phenoxy) is 2. The SMILES string of the molecule is Cc1cc(OCn2ccc(C(=O)N3CC(C)OC(C)C3)n2)ccc1Cl. The number of nitrogens with zero attached hydrogens (tertiary/aromatic N) is 3. The maximum atomic E-state index is 12.6. The number of amides is 1. The van der Waals surface area contributed by atoms with Gasteiger partial charge in [-0.25, -0.2) is 4.68 Å². The Morgan fingerprint density at radius 3 is 2.72 bits per heavy atom. The van der Waals surface area contributed by atoms with Crippen molar-refractivity contribution in [3.8, 4) is 5.75 Å². The van der Waals surface area contributed by atoms with E-state index in [-0.39, 0.29) is 24.8 Å². The molecule has 7 heteroatoms. The number of benzene rings is 1. The van der Waals surface area contributed by atoms with E-state index in [1.807, 2.05) is 26.8 Å². The molecule has 134 valence electrons. The van der Waals surface area contributed by atoms with Crippen LogP contribution < -0.4 is 4.74 Å². The summed E-state index contributed by atoms with van der Waals surface area (Å²) in [6, 6.07) is 7.18. The van der Waals surface area contributed by atoms with Gasteiger partial charge in [-0.15, -0.1) is 0 Å². The normalized spacial score (nSPS) is 20.6. The summed E-state index contributed by atoms with van der Waals surface area (Å²) in [5.41, 5.74) is 1.36. The molecule has 0 bridgehead atoms. The lowest BCUT2D eigenvalue weighted by Gasteiger charge is -2.34. The minimum absolute atomic E-state index is 0.0336. The van der Waals surface area contributed by atoms with Crippen LogP contribution in [0.1, 0.15) is 29.9 Å². The Kier molecular flexibility index (Phi) is 5.30. The maximum Gasteiger partial charge on any atom is 0.274 e. The Balaban J connectivity index is 1.61. The zero-order valence-electron chi connectivity index (χ0n) is 14.6. The smallest absolute Gasteiger partial charge is 0.274 e. The number of aromatic nitrogens is 2. The third kappa shape index (κ3) is 4.32. The van der Waals surface area contributed by atoms with E-state index < -0.39 is 0 Å². The van der Waals surface area contributed by atoms with Gasteiger partial charge in [-0.2, -0.15) is 5.10 Å². The van der Waals surface area contributed by atoms with Gasteiger partial charge in [0, 0.05) is 24.3 Å². The monoisotopic (exact) mass is 363 g/mol. The predicted octanol–water partition coefficient (Wildman–Crippen LogP) is 3.13. The molecule has 0 saturated carbocycles. The van der Waals surface area contributed by atoms with Crippen LogP contribution in [-0.4, -0.2) is 45.9 Å². The molecule has 2 atom stereocenters. The molecule has 3 rings (SSSR count). The number of carbonyl (C=O) groups is 1. The van der Waals surface area contributed by atoms with Crippen molar-refractivity contribution in [3.05, 3.63) is 46.7 Å². The molecule has 0 spiro atoms. The number of carbonyl (C=O) groups excluding carboxylic acids is 1. The quantitative estimate of drug-likeness (QED) is 0.837. The second kappa shape index (κ2) is 7.45. The number of morpholine rings is 1. The van der Waals surface area contributed by atoms with Crippen molar-refractivity contribution in [2.75, 3.05) is 13.1 Å². The van der Waals surface area contributed by atoms with Gasteiger partial charge in [-0.1, -0.05) is 11.6 Å². The molecule has 1 saturated heterocycles. The molecule has 0 radical (unpaired) electrons. The van der Waals surface area contributed by atoms with Gasteiger partial charge in [0.1, 0.15) is 5.75 Å². The molecule has 2 aromatic rings. The number of hydrogen-bond donors (Lipinski definition) is 0. The summed E-state index contributed by atoms with van der Waals surface area (Å²) in [6.45, 7) is 7.24. The Morgan fingerprint density at radius 1 is 1.32 bits per heavy atom. The molecule has 1 aromatic carbocycles. The summed E-state index contributed by atoms with van der Waals surface area (Å²) in [7, 11) is 0. The highest BCUT2D eigenvalue weighted by atomic mass is 35.5. The van der Waals surface area contributed by atoms with Gasteiger partial charge in [0.05, 0.1) is 12.2 Å². The zero-order chi connectivity index (χ0) is 18.0. The standard InChI is InChI=1S/C18H22ClN3O3/c1-12-8-15(4-5-16(12)19)24-11-22-7-6-17(20-22)18(23)21-9-13(2)25-14(3)10-21/h4-8,13-14H,9-11H2,1-3H3. The fourth-order valence-corrected chi connectivity index (χ4v) is 3.02. The van der Waals surface area contributed by atoms with Gasteiger partial charge >= 0.3 is 0 Å². The van der Waals surface area contributed by atoms with Crippen molar-refractivity contribution in [2.45, 2.75) is 39.7 Å². The van der Waals surface area contributed by atoms with Gasteiger partial charge < -0.3 is 14.4 Å². The fourth-order valence-electron chi connectivity index (χ4n) is 2.90. The number of rotatable bonds is 4. The first-order valence-corrected chi connectivity index (χ1v) is 8.67. The predicted molar refractivity (Wildman–Crippen MR) is 95.0 cm³/mol. The van der Waals surface area contributed by atoms with Crippen molar-refractivity contribution in [1.29, 1.82) is 0 Å². The summed E-state index contributed by atoms with van der Waals surface area (Å²) in [5.74, 6) is 0.629. The largest absolute Gasteiger partial charge is 0.471 e. The van der Waals surface area contributed by atoms with Gasteiger partial charge in [-0.3, -0.25) is 4.79 Å². The summed E-state index contributed by atoms with van der Waals surface area (Å²) in [6.07, 6.45) is 1.81. The van der Waals surface area contributed by atoms with Crippen LogP contribution in [-0.2, 0) is 11.5 Å². The van der Waals surface area contributed by atoms with E-state index >= 15 is 0 Å². The van der Waals surface area contributed by atoms with E-state index in [1.165, 1.54) is 0 Å². The van der Waals surface area contributed by atoms with E-state index in [0.717, 1.165) is 5.56 Å². The molecular formula is C18H22ClN3O3. The van der Waals surface area contributed by atoms with Crippen molar-refractivity contribution in [2.24, 2.45) is 0 Å². The summed E-state index contributed by atoms with van der Waals surface area (Å²) in [5, 5.41) is 5.03. The molecule has 1 aromatic heterocycles. The van der Waals surface area contributed by atoms with Gasteiger partial charge in [-0.05, 0) is 50.6 Å². The van der Waals surface area contributed by atoms with Gasteiger partial charge in [0.25, 0.3) is 5.91 Å². The first-order chi connectivity index (χ1) is 11.9. The highest BCUT2D eigenvalue weighted by Gasteiger charge is 2.27. The number of hydrogen-bond acceptors (Lipinski definition) is 4. The molecule has 2 heterocycles. The van der Waals surface area contributed by atoms with Crippen molar-refractivity contribution >= 4 is 17.5 Å². The van der Waals surface area contributed by atoms with E-state index in [0.29, 0.717) is 29.6 Å². The average molecular weight is 364 g/mol. The minimum atomic E-state index is -0.0805. The van der Waals surface area contributed by atoms with Crippen LogP contribution in [0.25, 0.3) is 0 Å². The average Bonchev–Trinajstić information content (AvgIpc) is 3.03. The van der Waals surface area contributed by atoms with Gasteiger partial charge in [0.2, 0.25) is 0 Å². The van der Waals surface area contributed by atoms with Crippen LogP contribution in [0.15, 0.2) is 30.5 Å². The molecule has 1 fully saturated rings. The summed E-state index contributed by atoms with van der Waals surface area (Å²) >= 11 is 6.01. The molecule has 1 aliphatic rings. The molecule has 6 nitrogen and oxygen atoms in total. The molecule has 25 heavy (non-hydrogen) atoms. The fraction of sp³-hybridized carbons (Fsp3) is 0.444. The second-order valence-electron chi connectivity index (χ2n) is 6.39. The first kappa shape index (κ1) is 17.8. The van der Waals surface area contributed by atoms with Crippen molar-refractivity contribution < 1.29 is 14.3 Å². The van der Waals surface area contributed by atoms with Crippen LogP contribution >= 0.6 is 11.6 Å². The summed E-state index contributed by atoms with van der Waals surface area (Å²) in [4.78, 5) is 14.4. The number of halogens is 1. The Labute approximate surface area is 152 Å². The molecule has 1 aliphatic heterocycles. The van der Waals surface area contributed by atoms with Crippen LogP contribution in [0.4, 0.5) is 0 Å². The third-order valence-corrected chi connectivity index (χ3v) is 4.48. The Bertz CT molecular complexity index is 752. The first-order valence-electron chi connectivity index (χ1n) is 8.29. The van der Waals surface area contributed by atoms with E-state index in [9.17, 15) is 4.79 Å². The molecule has 0 aliphatic carbocycles. The Morgan fingerprint density at radius 2 is 2.04 bits per heavy atom. The van der Waals surface area contributed by atoms with Crippen LogP contribution in [0.2, 0.25) is 5.02 Å². The Hall–Kier alpha value is -2.05. The van der Waals surface area contributed by atoms with E-state index in [1.54, 1.807) is 34.0 Å². The van der Waals surface area contributed by atoms with Crippen molar-refractivity contribution in [3.63, 3.8) is 0 Å². The number of aryl methyl sites for hydroxylation is 1. The molecule has 1 amide bonds. The maximum absolute atomic E-state index is 12.6. The third-order valence-electron chi connectivity index (χ3n) is 4.06. The van der Waals surface area contributed by atoms with Gasteiger partial charge in [0.15, 0.2) is 12.4 Å². The van der Waals surface area contributed by atoms with Crippen LogP contribution in [0, 0.1) is 6.92 Å². The summed E-state index contributed by atoms with van der Waals surface area (Å²) < 4.78 is 13.0. The van der Waals surface area contributed by atoms with E-state index in [4.69, 9.17) is 21.1 Å². The van der Waals surface area contributed by atoms with E-state index in [2.05, 4.69) is 5.10 Å². The second-order valence-corrected chi connectivity index (χ2v) is 6.80.